The second-order valence-corrected chi connectivity index (χ2v) is 3.08. The molecule has 0 saturated carbocycles. The van der Waals surface area contributed by atoms with Crippen molar-refractivity contribution in [1.29, 1.82) is 0 Å². The van der Waals surface area contributed by atoms with E-state index in [1.165, 1.54) is 0 Å². The molecule has 0 aromatic carbocycles. The van der Waals surface area contributed by atoms with Crippen LogP contribution in [0.1, 0.15) is 18.7 Å². The normalized spacial score (nSPS) is 13.2. The van der Waals surface area contributed by atoms with Crippen LogP contribution in [0.4, 0.5) is 0 Å². The molecule has 0 radical (unpaired) electrons. The Hall–Kier alpha value is -0.510. The fourth-order valence-corrected chi connectivity index (χ4v) is 1.32. The zero-order valence-corrected chi connectivity index (χ0v) is 8.60. The van der Waals surface area contributed by atoms with E-state index in [2.05, 4.69) is 5.32 Å². The summed E-state index contributed by atoms with van der Waals surface area (Å²) in [5, 5.41) is 3.65. The first-order valence-electron chi connectivity index (χ1n) is 4.25. The summed E-state index contributed by atoms with van der Waals surface area (Å²) in [6.45, 7) is 3.48. The standard InChI is InChI=1S/C9H14ClNO2/c1-3-11-7(6-12-2)8-4-5-9(10)13-8/h4-5,7,11H,3,6H2,1-2H3. The van der Waals surface area contributed by atoms with Gasteiger partial charge in [0.1, 0.15) is 5.76 Å². The lowest BCUT2D eigenvalue weighted by Gasteiger charge is -2.13. The van der Waals surface area contributed by atoms with E-state index in [1.54, 1.807) is 13.2 Å². The Balaban J connectivity index is 2.63. The van der Waals surface area contributed by atoms with E-state index in [4.69, 9.17) is 20.8 Å². The van der Waals surface area contributed by atoms with Crippen molar-refractivity contribution in [3.8, 4) is 0 Å². The maximum absolute atomic E-state index is 5.67. The van der Waals surface area contributed by atoms with Crippen LogP contribution in [0.3, 0.4) is 0 Å². The van der Waals surface area contributed by atoms with Crippen LogP contribution in [-0.4, -0.2) is 20.3 Å². The fourth-order valence-electron chi connectivity index (χ4n) is 1.17. The molecule has 0 fully saturated rings. The average Bonchev–Trinajstić information content (AvgIpc) is 2.51. The second-order valence-electron chi connectivity index (χ2n) is 2.71. The fraction of sp³-hybridized carbons (Fsp3) is 0.556. The Bertz CT molecular complexity index is 244. The van der Waals surface area contributed by atoms with Crippen molar-refractivity contribution in [3.63, 3.8) is 0 Å². The molecule has 1 aromatic heterocycles. The van der Waals surface area contributed by atoms with E-state index in [1.807, 2.05) is 13.0 Å². The Labute approximate surface area is 83.0 Å². The van der Waals surface area contributed by atoms with E-state index >= 15 is 0 Å². The van der Waals surface area contributed by atoms with Crippen molar-refractivity contribution in [2.75, 3.05) is 20.3 Å². The van der Waals surface area contributed by atoms with Crippen LogP contribution in [0, 0.1) is 0 Å². The molecule has 74 valence electrons. The maximum Gasteiger partial charge on any atom is 0.193 e. The molecule has 1 atom stereocenters. The van der Waals surface area contributed by atoms with Crippen LogP contribution in [0.25, 0.3) is 0 Å². The Kier molecular flexibility index (Phi) is 4.28. The summed E-state index contributed by atoms with van der Waals surface area (Å²) in [5.41, 5.74) is 0. The van der Waals surface area contributed by atoms with Gasteiger partial charge in [-0.05, 0) is 30.3 Å². The first-order chi connectivity index (χ1) is 6.27. The van der Waals surface area contributed by atoms with Crippen molar-refractivity contribution in [1.82, 2.24) is 5.32 Å². The van der Waals surface area contributed by atoms with Gasteiger partial charge in [-0.2, -0.15) is 0 Å². The molecule has 13 heavy (non-hydrogen) atoms. The Morgan fingerprint density at radius 3 is 2.85 bits per heavy atom. The monoisotopic (exact) mass is 203 g/mol. The number of halogens is 1. The number of rotatable bonds is 5. The highest BCUT2D eigenvalue weighted by Crippen LogP contribution is 2.19. The van der Waals surface area contributed by atoms with Crippen LogP contribution in [-0.2, 0) is 4.74 Å². The van der Waals surface area contributed by atoms with Crippen molar-refractivity contribution >= 4 is 11.6 Å². The zero-order valence-electron chi connectivity index (χ0n) is 7.84. The van der Waals surface area contributed by atoms with Crippen molar-refractivity contribution in [3.05, 3.63) is 23.1 Å². The van der Waals surface area contributed by atoms with Crippen molar-refractivity contribution in [2.24, 2.45) is 0 Å². The summed E-state index contributed by atoms with van der Waals surface area (Å²) in [6, 6.07) is 3.67. The highest BCUT2D eigenvalue weighted by atomic mass is 35.5. The molecule has 0 aliphatic carbocycles. The minimum atomic E-state index is 0.0856. The summed E-state index contributed by atoms with van der Waals surface area (Å²) >= 11 is 5.67. The molecule has 0 aliphatic rings. The van der Waals surface area contributed by atoms with Crippen LogP contribution < -0.4 is 5.32 Å². The molecule has 1 rings (SSSR count). The topological polar surface area (TPSA) is 34.4 Å². The van der Waals surface area contributed by atoms with E-state index in [0.717, 1.165) is 12.3 Å². The number of methoxy groups -OCH3 is 1. The molecular formula is C9H14ClNO2. The lowest BCUT2D eigenvalue weighted by atomic mass is 10.2. The third kappa shape index (κ3) is 3.03. The van der Waals surface area contributed by atoms with Gasteiger partial charge in [0.15, 0.2) is 5.22 Å². The van der Waals surface area contributed by atoms with E-state index < -0.39 is 0 Å². The SMILES string of the molecule is CCNC(COC)c1ccc(Cl)o1. The summed E-state index contributed by atoms with van der Waals surface area (Å²) < 4.78 is 10.3. The minimum Gasteiger partial charge on any atom is -0.448 e. The van der Waals surface area contributed by atoms with Crippen LogP contribution in [0.5, 0.6) is 0 Å². The second kappa shape index (κ2) is 5.27. The lowest BCUT2D eigenvalue weighted by molar-refractivity contribution is 0.158. The van der Waals surface area contributed by atoms with Gasteiger partial charge in [-0.15, -0.1) is 0 Å². The highest BCUT2D eigenvalue weighted by molar-refractivity contribution is 6.28. The van der Waals surface area contributed by atoms with Gasteiger partial charge >= 0.3 is 0 Å². The third-order valence-corrected chi connectivity index (χ3v) is 1.92. The van der Waals surface area contributed by atoms with Crippen molar-refractivity contribution in [2.45, 2.75) is 13.0 Å². The number of hydrogen-bond donors (Lipinski definition) is 1. The summed E-state index contributed by atoms with van der Waals surface area (Å²) in [4.78, 5) is 0. The predicted molar refractivity (Wildman–Crippen MR) is 52.0 cm³/mol. The average molecular weight is 204 g/mol. The quantitative estimate of drug-likeness (QED) is 0.797. The third-order valence-electron chi connectivity index (χ3n) is 1.72. The molecular weight excluding hydrogens is 190 g/mol. The van der Waals surface area contributed by atoms with Gasteiger partial charge in [0.05, 0.1) is 12.6 Å². The number of nitrogens with one attached hydrogen (secondary N) is 1. The van der Waals surface area contributed by atoms with Crippen LogP contribution in [0.2, 0.25) is 5.22 Å². The zero-order chi connectivity index (χ0) is 9.68. The largest absolute Gasteiger partial charge is 0.448 e. The molecule has 1 unspecified atom stereocenters. The first-order valence-corrected chi connectivity index (χ1v) is 4.63. The minimum absolute atomic E-state index is 0.0856. The van der Waals surface area contributed by atoms with E-state index in [9.17, 15) is 0 Å². The molecule has 1 heterocycles. The first kappa shape index (κ1) is 10.6. The van der Waals surface area contributed by atoms with Gasteiger partial charge in [0, 0.05) is 7.11 Å². The number of likely N-dealkylation sites (N-methyl/N-ethyl adjacent to an activating group) is 1. The van der Waals surface area contributed by atoms with Crippen LogP contribution in [0.15, 0.2) is 16.5 Å². The van der Waals surface area contributed by atoms with Gasteiger partial charge in [-0.1, -0.05) is 6.92 Å². The molecule has 1 N–H and O–H groups in total. The Morgan fingerprint density at radius 2 is 2.38 bits per heavy atom. The molecule has 4 heteroatoms. The van der Waals surface area contributed by atoms with Gasteiger partial charge in [0.2, 0.25) is 0 Å². The molecule has 0 saturated heterocycles. The van der Waals surface area contributed by atoms with Crippen molar-refractivity contribution < 1.29 is 9.15 Å². The summed E-state index contributed by atoms with van der Waals surface area (Å²) in [5.74, 6) is 0.814. The number of furan rings is 1. The smallest absolute Gasteiger partial charge is 0.193 e. The van der Waals surface area contributed by atoms with Gasteiger partial charge in [-0.3, -0.25) is 0 Å². The maximum atomic E-state index is 5.67. The number of hydrogen-bond acceptors (Lipinski definition) is 3. The van der Waals surface area contributed by atoms with Gasteiger partial charge in [-0.25, -0.2) is 0 Å². The molecule has 0 aliphatic heterocycles. The summed E-state index contributed by atoms with van der Waals surface area (Å²) in [6.07, 6.45) is 0. The Morgan fingerprint density at radius 1 is 1.62 bits per heavy atom. The van der Waals surface area contributed by atoms with Gasteiger partial charge < -0.3 is 14.5 Å². The van der Waals surface area contributed by atoms with E-state index in [0.29, 0.717) is 11.8 Å². The van der Waals surface area contributed by atoms with Gasteiger partial charge in [0.25, 0.3) is 0 Å². The molecule has 1 aromatic rings. The lowest BCUT2D eigenvalue weighted by Crippen LogP contribution is -2.24. The summed E-state index contributed by atoms with van der Waals surface area (Å²) in [7, 11) is 1.66. The predicted octanol–water partition coefficient (Wildman–Crippen LogP) is 2.23. The van der Waals surface area contributed by atoms with E-state index in [-0.39, 0.29) is 6.04 Å². The molecule has 0 spiro atoms. The molecule has 0 amide bonds. The van der Waals surface area contributed by atoms with Crippen LogP contribution >= 0.6 is 11.6 Å². The highest BCUT2D eigenvalue weighted by Gasteiger charge is 2.13. The number of ether oxygens (including phenoxy) is 1. The molecule has 0 bridgehead atoms. The molecule has 3 nitrogen and oxygen atoms in total.